The molecule has 0 heterocycles. The van der Waals surface area contributed by atoms with Crippen molar-refractivity contribution in [2.75, 3.05) is 0 Å². The van der Waals surface area contributed by atoms with Gasteiger partial charge in [0.15, 0.2) is 0 Å². The lowest BCUT2D eigenvalue weighted by molar-refractivity contribution is 0.0430. The van der Waals surface area contributed by atoms with Gasteiger partial charge in [-0.3, -0.25) is 0 Å². The molecule has 0 radical (unpaired) electrons. The van der Waals surface area contributed by atoms with Gasteiger partial charge in [-0.05, 0) is 12.8 Å². The molecule has 0 bridgehead atoms. The van der Waals surface area contributed by atoms with Crippen LogP contribution in [0.4, 0.5) is 17.6 Å². The molecule has 52 valence electrons. The number of fused-ring (bicyclic) bond motifs is 1. The van der Waals surface area contributed by atoms with Crippen LogP contribution in [0.2, 0.25) is 0 Å². The van der Waals surface area contributed by atoms with Crippen molar-refractivity contribution in [1.82, 2.24) is 0 Å². The van der Waals surface area contributed by atoms with Crippen LogP contribution in [0.15, 0.2) is 0 Å². The standard InChI is InChI=1S/C5H4F4/c6-3-1-2-4(3,7)5(3,8)9/h1-2H2/t3-,4+. The van der Waals surface area contributed by atoms with Crippen LogP contribution in [0.3, 0.4) is 0 Å². The smallest absolute Gasteiger partial charge is 0.233 e. The number of halogens is 4. The van der Waals surface area contributed by atoms with E-state index in [1.807, 2.05) is 0 Å². The topological polar surface area (TPSA) is 0 Å². The average Bonchev–Trinajstić information content (AvgIpc) is 1.96. The maximum absolute atomic E-state index is 12.3. The van der Waals surface area contributed by atoms with Gasteiger partial charge in [-0.15, -0.1) is 0 Å². The lowest BCUT2D eigenvalue weighted by atomic mass is 9.96. The predicted molar refractivity (Wildman–Crippen MR) is 21.9 cm³/mol. The van der Waals surface area contributed by atoms with E-state index in [-0.39, 0.29) is 12.8 Å². The highest BCUT2D eigenvalue weighted by atomic mass is 19.3. The van der Waals surface area contributed by atoms with Gasteiger partial charge in [-0.25, -0.2) is 8.78 Å². The SMILES string of the molecule is FC1(F)[C@]2(F)CC[C@]12F. The van der Waals surface area contributed by atoms with Gasteiger partial charge < -0.3 is 0 Å². The van der Waals surface area contributed by atoms with Crippen LogP contribution >= 0.6 is 0 Å². The summed E-state index contributed by atoms with van der Waals surface area (Å²) in [7, 11) is 0. The Kier molecular flexibility index (Phi) is 0.548. The normalized spacial score (nSPS) is 60.0. The Morgan fingerprint density at radius 2 is 1.11 bits per heavy atom. The first-order chi connectivity index (χ1) is 3.96. The van der Waals surface area contributed by atoms with Gasteiger partial charge in [-0.2, -0.15) is 8.78 Å². The van der Waals surface area contributed by atoms with Gasteiger partial charge >= 0.3 is 5.92 Å². The number of alkyl halides is 4. The molecular formula is C5H4F4. The summed E-state index contributed by atoms with van der Waals surface area (Å²) >= 11 is 0. The molecule has 0 saturated heterocycles. The van der Waals surface area contributed by atoms with Crippen molar-refractivity contribution in [2.45, 2.75) is 30.1 Å². The maximum Gasteiger partial charge on any atom is 0.321 e. The van der Waals surface area contributed by atoms with Gasteiger partial charge in [0, 0.05) is 0 Å². The van der Waals surface area contributed by atoms with Crippen LogP contribution < -0.4 is 0 Å². The summed E-state index contributed by atoms with van der Waals surface area (Å²) in [5, 5.41) is 0. The summed E-state index contributed by atoms with van der Waals surface area (Å²) in [6, 6.07) is 0. The van der Waals surface area contributed by atoms with E-state index in [1.54, 1.807) is 0 Å². The van der Waals surface area contributed by atoms with Gasteiger partial charge in [0.05, 0.1) is 0 Å². The van der Waals surface area contributed by atoms with Gasteiger partial charge in [0.1, 0.15) is 0 Å². The molecule has 9 heavy (non-hydrogen) atoms. The molecule has 0 aromatic heterocycles. The Labute approximate surface area is 48.8 Å². The monoisotopic (exact) mass is 140 g/mol. The van der Waals surface area contributed by atoms with Crippen molar-refractivity contribution < 1.29 is 17.6 Å². The lowest BCUT2D eigenvalue weighted by Gasteiger charge is -2.16. The zero-order valence-electron chi connectivity index (χ0n) is 4.43. The highest BCUT2D eigenvalue weighted by Gasteiger charge is 3.00. The first-order valence-electron chi connectivity index (χ1n) is 2.71. The van der Waals surface area contributed by atoms with E-state index >= 15 is 0 Å². The highest BCUT2D eigenvalue weighted by molar-refractivity contribution is 5.40. The Bertz CT molecular complexity index is 141. The summed E-state index contributed by atoms with van der Waals surface area (Å²) < 4.78 is 48.6. The Hall–Kier alpha value is -0.280. The minimum Gasteiger partial charge on any atom is -0.233 e. The number of hydrogen-bond acceptors (Lipinski definition) is 0. The molecule has 0 aliphatic heterocycles. The van der Waals surface area contributed by atoms with Crippen molar-refractivity contribution in [3.05, 3.63) is 0 Å². The fourth-order valence-corrected chi connectivity index (χ4v) is 1.41. The molecule has 2 saturated carbocycles. The minimum atomic E-state index is -3.68. The van der Waals surface area contributed by atoms with Crippen LogP contribution in [0.5, 0.6) is 0 Å². The Balaban J connectivity index is 2.38. The third-order valence-corrected chi connectivity index (χ3v) is 2.37. The van der Waals surface area contributed by atoms with Crippen molar-refractivity contribution in [2.24, 2.45) is 0 Å². The second-order valence-electron chi connectivity index (χ2n) is 2.68. The molecule has 0 aromatic carbocycles. The van der Waals surface area contributed by atoms with Gasteiger partial charge in [0.25, 0.3) is 0 Å². The van der Waals surface area contributed by atoms with E-state index in [2.05, 4.69) is 0 Å². The number of hydrogen-bond donors (Lipinski definition) is 0. The molecule has 0 nitrogen and oxygen atoms in total. The number of rotatable bonds is 0. The van der Waals surface area contributed by atoms with Crippen molar-refractivity contribution in [3.63, 3.8) is 0 Å². The third kappa shape index (κ3) is 0.251. The van der Waals surface area contributed by atoms with E-state index < -0.39 is 17.3 Å². The van der Waals surface area contributed by atoms with Gasteiger partial charge in [0.2, 0.25) is 11.3 Å². The summed E-state index contributed by atoms with van der Waals surface area (Å²) in [4.78, 5) is 0. The molecule has 2 aliphatic rings. The highest BCUT2D eigenvalue weighted by Crippen LogP contribution is 2.78. The van der Waals surface area contributed by atoms with Crippen molar-refractivity contribution in [1.29, 1.82) is 0 Å². The van der Waals surface area contributed by atoms with Crippen LogP contribution in [-0.4, -0.2) is 17.3 Å². The Morgan fingerprint density at radius 3 is 1.11 bits per heavy atom. The quantitative estimate of drug-likeness (QED) is 0.450. The predicted octanol–water partition coefficient (Wildman–Crippen LogP) is 1.85. The second kappa shape index (κ2) is 0.896. The van der Waals surface area contributed by atoms with E-state index in [1.165, 1.54) is 0 Å². The molecule has 0 spiro atoms. The van der Waals surface area contributed by atoms with E-state index in [0.29, 0.717) is 0 Å². The summed E-state index contributed by atoms with van der Waals surface area (Å²) in [5.41, 5.74) is -5.56. The first-order valence-corrected chi connectivity index (χ1v) is 2.71. The van der Waals surface area contributed by atoms with Crippen molar-refractivity contribution >= 4 is 0 Å². The molecular weight excluding hydrogens is 136 g/mol. The zero-order chi connectivity index (χ0) is 6.91. The molecule has 2 rings (SSSR count). The molecule has 0 unspecified atom stereocenters. The summed E-state index contributed by atoms with van der Waals surface area (Å²) in [6.07, 6.45) is -0.646. The molecule has 0 amide bonds. The fourth-order valence-electron chi connectivity index (χ4n) is 1.41. The fraction of sp³-hybridized carbons (Fsp3) is 1.00. The second-order valence-corrected chi connectivity index (χ2v) is 2.68. The molecule has 2 aliphatic carbocycles. The van der Waals surface area contributed by atoms with Gasteiger partial charge in [-0.1, -0.05) is 0 Å². The molecule has 4 heteroatoms. The van der Waals surface area contributed by atoms with Crippen LogP contribution in [0, 0.1) is 0 Å². The van der Waals surface area contributed by atoms with Crippen LogP contribution in [0.1, 0.15) is 12.8 Å². The minimum absolute atomic E-state index is 0.323. The van der Waals surface area contributed by atoms with Crippen LogP contribution in [-0.2, 0) is 0 Å². The van der Waals surface area contributed by atoms with E-state index in [4.69, 9.17) is 0 Å². The van der Waals surface area contributed by atoms with Crippen LogP contribution in [0.25, 0.3) is 0 Å². The molecule has 2 atom stereocenters. The summed E-state index contributed by atoms with van der Waals surface area (Å²) in [6.45, 7) is 0. The zero-order valence-corrected chi connectivity index (χ0v) is 4.43. The molecule has 0 aromatic rings. The maximum atomic E-state index is 12.3. The lowest BCUT2D eigenvalue weighted by Crippen LogP contribution is -2.28. The first kappa shape index (κ1) is 5.50. The summed E-state index contributed by atoms with van der Waals surface area (Å²) in [5.74, 6) is -3.68. The third-order valence-electron chi connectivity index (χ3n) is 2.37. The van der Waals surface area contributed by atoms with E-state index in [9.17, 15) is 17.6 Å². The largest absolute Gasteiger partial charge is 0.321 e. The molecule has 0 N–H and O–H groups in total. The Morgan fingerprint density at radius 1 is 0.778 bits per heavy atom. The van der Waals surface area contributed by atoms with Crippen molar-refractivity contribution in [3.8, 4) is 0 Å². The molecule has 2 fully saturated rings. The average molecular weight is 140 g/mol. The van der Waals surface area contributed by atoms with E-state index in [0.717, 1.165) is 0 Å².